The molecule has 1 aliphatic heterocycles. The molecule has 0 atom stereocenters. The molecular weight excluding hydrogens is 476 g/mol. The van der Waals surface area contributed by atoms with Gasteiger partial charge in [-0.1, -0.05) is 6.07 Å². The van der Waals surface area contributed by atoms with Crippen molar-refractivity contribution in [3.63, 3.8) is 0 Å². The van der Waals surface area contributed by atoms with Crippen LogP contribution in [-0.4, -0.2) is 43.8 Å². The molecule has 6 rings (SSSR count). The Bertz CT molecular complexity index is 1270. The molecule has 0 unspecified atom stereocenters. The highest BCUT2D eigenvalue weighted by Gasteiger charge is 2.50. The number of benzene rings is 1. The van der Waals surface area contributed by atoms with Crippen molar-refractivity contribution in [3.8, 4) is 5.88 Å². The van der Waals surface area contributed by atoms with E-state index in [-0.39, 0.29) is 5.91 Å². The summed E-state index contributed by atoms with van der Waals surface area (Å²) in [4.78, 5) is 20.1. The van der Waals surface area contributed by atoms with E-state index in [0.717, 1.165) is 31.6 Å². The fourth-order valence-electron chi connectivity index (χ4n) is 4.91. The maximum atomic E-state index is 13.4. The highest BCUT2D eigenvalue weighted by atomic mass is 32.2. The minimum atomic E-state index is -3.48. The lowest BCUT2D eigenvalue weighted by molar-refractivity contribution is 0.102. The van der Waals surface area contributed by atoms with Gasteiger partial charge in [0.1, 0.15) is 5.82 Å². The van der Waals surface area contributed by atoms with Gasteiger partial charge >= 0.3 is 0 Å². The molecule has 2 N–H and O–H groups in total. The summed E-state index contributed by atoms with van der Waals surface area (Å²) in [7, 11) is -3.48. The standard InChI is InChI=1S/C27H34N4O4S/c1-26(9-10-26)36(33,34)30-20-7-8-21(22(17-20)31-15-13-27(11-12-27)14-16-31)25(32)29-23-3-2-4-24(28-23)35-18-19-5-6-19/h2-4,7-8,17,19,30H,5-6,9-16,18H2,1H3,(H,28,29,32). The van der Waals surface area contributed by atoms with Gasteiger partial charge in [-0.05, 0) is 93.9 Å². The van der Waals surface area contributed by atoms with Crippen molar-refractivity contribution < 1.29 is 17.9 Å². The second-order valence-electron chi connectivity index (χ2n) is 11.3. The number of ether oxygens (including phenoxy) is 1. The predicted octanol–water partition coefficient (Wildman–Crippen LogP) is 4.80. The van der Waals surface area contributed by atoms with Crippen LogP contribution in [0.4, 0.5) is 17.2 Å². The fourth-order valence-corrected chi connectivity index (χ4v) is 6.23. The van der Waals surface area contributed by atoms with Gasteiger partial charge < -0.3 is 15.0 Å². The minimum absolute atomic E-state index is 0.271. The number of hydrogen-bond acceptors (Lipinski definition) is 6. The molecule has 36 heavy (non-hydrogen) atoms. The van der Waals surface area contributed by atoms with Crippen LogP contribution in [-0.2, 0) is 10.0 Å². The van der Waals surface area contributed by atoms with Crippen molar-refractivity contribution in [2.24, 2.45) is 11.3 Å². The molecular formula is C27H34N4O4S. The van der Waals surface area contributed by atoms with Gasteiger partial charge in [0.2, 0.25) is 15.9 Å². The predicted molar refractivity (Wildman–Crippen MR) is 140 cm³/mol. The Morgan fingerprint density at radius 1 is 1.08 bits per heavy atom. The van der Waals surface area contributed by atoms with Crippen LogP contribution in [0.15, 0.2) is 36.4 Å². The van der Waals surface area contributed by atoms with E-state index < -0.39 is 14.8 Å². The Morgan fingerprint density at radius 3 is 2.50 bits per heavy atom. The zero-order valence-corrected chi connectivity index (χ0v) is 21.6. The SMILES string of the molecule is CC1(S(=O)(=O)Nc2ccc(C(=O)Nc3cccc(OCC4CC4)n3)c(N3CCC4(CC3)CC4)c2)CC1. The number of sulfonamides is 1. The first-order chi connectivity index (χ1) is 17.2. The van der Waals surface area contributed by atoms with Gasteiger partial charge in [0.15, 0.2) is 0 Å². The Kier molecular flexibility index (Phi) is 5.66. The van der Waals surface area contributed by atoms with Crippen molar-refractivity contribution in [2.75, 3.05) is 34.6 Å². The summed E-state index contributed by atoms with van der Waals surface area (Å²) >= 11 is 0. The second-order valence-corrected chi connectivity index (χ2v) is 13.5. The number of aromatic nitrogens is 1. The Hall–Kier alpha value is -2.81. The first-order valence-electron chi connectivity index (χ1n) is 13.1. The fraction of sp³-hybridized carbons (Fsp3) is 0.556. The topological polar surface area (TPSA) is 101 Å². The van der Waals surface area contributed by atoms with E-state index in [4.69, 9.17) is 4.74 Å². The van der Waals surface area contributed by atoms with Crippen LogP contribution in [0.5, 0.6) is 5.88 Å². The number of carbonyl (C=O) groups is 1. The van der Waals surface area contributed by atoms with Crippen LogP contribution in [0.3, 0.4) is 0 Å². The molecule has 1 saturated heterocycles. The monoisotopic (exact) mass is 510 g/mol. The highest BCUT2D eigenvalue weighted by Crippen LogP contribution is 2.54. The van der Waals surface area contributed by atoms with Crippen LogP contribution in [0.25, 0.3) is 0 Å². The van der Waals surface area contributed by atoms with Crippen molar-refractivity contribution in [2.45, 2.75) is 63.0 Å². The molecule has 3 aliphatic carbocycles. The molecule has 2 aromatic rings. The third kappa shape index (κ3) is 4.90. The van der Waals surface area contributed by atoms with Gasteiger partial charge in [0.05, 0.1) is 28.3 Å². The summed E-state index contributed by atoms with van der Waals surface area (Å²) < 4.78 is 33.5. The molecule has 9 heteroatoms. The molecule has 3 saturated carbocycles. The maximum absolute atomic E-state index is 13.4. The summed E-state index contributed by atoms with van der Waals surface area (Å²) in [6.07, 6.45) is 8.51. The molecule has 192 valence electrons. The first-order valence-corrected chi connectivity index (χ1v) is 14.6. The average molecular weight is 511 g/mol. The third-order valence-corrected chi connectivity index (χ3v) is 10.6. The Labute approximate surface area is 212 Å². The number of hydrogen-bond donors (Lipinski definition) is 2. The molecule has 1 aromatic carbocycles. The van der Waals surface area contributed by atoms with Crippen LogP contribution >= 0.6 is 0 Å². The van der Waals surface area contributed by atoms with E-state index >= 15 is 0 Å². The lowest BCUT2D eigenvalue weighted by Gasteiger charge is -2.35. The van der Waals surface area contributed by atoms with Crippen molar-refractivity contribution in [3.05, 3.63) is 42.0 Å². The van der Waals surface area contributed by atoms with E-state index in [1.165, 1.54) is 25.7 Å². The van der Waals surface area contributed by atoms with E-state index in [0.29, 0.717) is 53.7 Å². The van der Waals surface area contributed by atoms with Gasteiger partial charge in [0.25, 0.3) is 5.91 Å². The molecule has 1 amide bonds. The quantitative estimate of drug-likeness (QED) is 0.503. The number of nitrogens with one attached hydrogen (secondary N) is 2. The van der Waals surface area contributed by atoms with Gasteiger partial charge in [-0.15, -0.1) is 0 Å². The molecule has 1 aromatic heterocycles. The minimum Gasteiger partial charge on any atom is -0.477 e. The molecule has 2 heterocycles. The largest absolute Gasteiger partial charge is 0.477 e. The van der Waals surface area contributed by atoms with Crippen LogP contribution in [0, 0.1) is 11.3 Å². The summed E-state index contributed by atoms with van der Waals surface area (Å²) in [5, 5.41) is 2.92. The number of nitrogens with zero attached hydrogens (tertiary/aromatic N) is 2. The van der Waals surface area contributed by atoms with Gasteiger partial charge in [0, 0.05) is 19.2 Å². The zero-order chi connectivity index (χ0) is 25.0. The smallest absolute Gasteiger partial charge is 0.258 e. The summed E-state index contributed by atoms with van der Waals surface area (Å²) in [5.41, 5.74) is 2.25. The number of carbonyl (C=O) groups excluding carboxylic acids is 1. The lowest BCUT2D eigenvalue weighted by Crippen LogP contribution is -2.36. The maximum Gasteiger partial charge on any atom is 0.258 e. The van der Waals surface area contributed by atoms with Crippen molar-refractivity contribution in [1.82, 2.24) is 4.98 Å². The second kappa shape index (κ2) is 8.64. The molecule has 1 spiro atoms. The lowest BCUT2D eigenvalue weighted by atomic mass is 9.93. The molecule has 0 bridgehead atoms. The third-order valence-electron chi connectivity index (χ3n) is 8.35. The summed E-state index contributed by atoms with van der Waals surface area (Å²) in [5.74, 6) is 1.28. The summed E-state index contributed by atoms with van der Waals surface area (Å²) in [6.45, 7) is 4.14. The molecule has 4 aliphatic rings. The molecule has 8 nitrogen and oxygen atoms in total. The Balaban J connectivity index is 1.23. The number of anilines is 3. The highest BCUT2D eigenvalue weighted by molar-refractivity contribution is 7.94. The van der Waals surface area contributed by atoms with E-state index in [1.807, 2.05) is 12.1 Å². The summed E-state index contributed by atoms with van der Waals surface area (Å²) in [6, 6.07) is 10.6. The number of pyridine rings is 1. The number of rotatable bonds is 9. The first kappa shape index (κ1) is 23.6. The van der Waals surface area contributed by atoms with Gasteiger partial charge in [-0.3, -0.25) is 9.52 Å². The zero-order valence-electron chi connectivity index (χ0n) is 20.8. The van der Waals surface area contributed by atoms with E-state index in [2.05, 4.69) is 19.9 Å². The van der Waals surface area contributed by atoms with Crippen molar-refractivity contribution in [1.29, 1.82) is 0 Å². The van der Waals surface area contributed by atoms with E-state index in [1.54, 1.807) is 31.2 Å². The van der Waals surface area contributed by atoms with Crippen LogP contribution < -0.4 is 19.7 Å². The van der Waals surface area contributed by atoms with Crippen molar-refractivity contribution >= 4 is 33.1 Å². The molecule has 0 radical (unpaired) electrons. The van der Waals surface area contributed by atoms with Gasteiger partial charge in [-0.2, -0.15) is 4.98 Å². The average Bonchev–Trinajstić information content (AvgIpc) is 3.73. The number of piperidine rings is 1. The van der Waals surface area contributed by atoms with Crippen LogP contribution in [0.1, 0.15) is 68.6 Å². The van der Waals surface area contributed by atoms with Gasteiger partial charge in [-0.25, -0.2) is 8.42 Å². The Morgan fingerprint density at radius 2 is 1.83 bits per heavy atom. The van der Waals surface area contributed by atoms with Crippen LogP contribution in [0.2, 0.25) is 0 Å². The number of amides is 1. The normalized spacial score (nSPS) is 21.6. The van der Waals surface area contributed by atoms with E-state index in [9.17, 15) is 13.2 Å². The molecule has 4 fully saturated rings.